The molecular weight excluding hydrogens is 270 g/mol. The molecule has 1 N–H and O–H groups in total. The fourth-order valence-corrected chi connectivity index (χ4v) is 2.23. The largest absolute Gasteiger partial charge is 0.491 e. The number of rotatable bonds is 5. The van der Waals surface area contributed by atoms with E-state index in [1.807, 2.05) is 55.6 Å². The quantitative estimate of drug-likeness (QED) is 0.837. The number of thiophene rings is 1. The van der Waals surface area contributed by atoms with Crippen molar-refractivity contribution in [3.63, 3.8) is 0 Å². The van der Waals surface area contributed by atoms with Gasteiger partial charge in [0.15, 0.2) is 0 Å². The first-order valence-corrected chi connectivity index (χ1v) is 7.31. The Morgan fingerprint density at radius 2 is 2.00 bits per heavy atom. The molecule has 1 aromatic heterocycles. The third-order valence-electron chi connectivity index (χ3n) is 2.44. The Bertz CT molecular complexity index is 571. The standard InChI is InChI=1S/C16H17NO2S/c1-12(2)19-14-7-5-13(6-8-14)17-16(18)10-9-15-4-3-11-20-15/h3-12H,1-2H3,(H,17,18)/b10-9+. The minimum atomic E-state index is -0.143. The van der Waals surface area contributed by atoms with Gasteiger partial charge in [-0.05, 0) is 55.6 Å². The Balaban J connectivity index is 1.91. The number of benzene rings is 1. The summed E-state index contributed by atoms with van der Waals surface area (Å²) in [6.07, 6.45) is 3.48. The monoisotopic (exact) mass is 287 g/mol. The molecular formula is C16H17NO2S. The minimum absolute atomic E-state index is 0.143. The van der Waals surface area contributed by atoms with Crippen molar-refractivity contribution in [2.24, 2.45) is 0 Å². The van der Waals surface area contributed by atoms with Crippen LogP contribution in [0.2, 0.25) is 0 Å². The van der Waals surface area contributed by atoms with Crippen LogP contribution in [0.4, 0.5) is 5.69 Å². The number of hydrogen-bond acceptors (Lipinski definition) is 3. The molecule has 3 nitrogen and oxygen atoms in total. The van der Waals surface area contributed by atoms with Gasteiger partial charge >= 0.3 is 0 Å². The summed E-state index contributed by atoms with van der Waals surface area (Å²) in [5, 5.41) is 4.79. The average Bonchev–Trinajstić information content (AvgIpc) is 2.91. The molecule has 0 bridgehead atoms. The maximum absolute atomic E-state index is 11.7. The highest BCUT2D eigenvalue weighted by Gasteiger charge is 2.00. The molecule has 1 heterocycles. The molecule has 0 aliphatic rings. The van der Waals surface area contributed by atoms with E-state index in [4.69, 9.17) is 4.74 Å². The van der Waals surface area contributed by atoms with Gasteiger partial charge < -0.3 is 10.1 Å². The predicted molar refractivity (Wildman–Crippen MR) is 84.2 cm³/mol. The van der Waals surface area contributed by atoms with Crippen molar-refractivity contribution in [3.8, 4) is 5.75 Å². The van der Waals surface area contributed by atoms with E-state index in [0.29, 0.717) is 0 Å². The molecule has 20 heavy (non-hydrogen) atoms. The molecule has 104 valence electrons. The lowest BCUT2D eigenvalue weighted by Gasteiger charge is -2.10. The van der Waals surface area contributed by atoms with Gasteiger partial charge in [-0.2, -0.15) is 0 Å². The molecule has 0 saturated heterocycles. The van der Waals surface area contributed by atoms with Crippen LogP contribution in [0.25, 0.3) is 6.08 Å². The van der Waals surface area contributed by atoms with Gasteiger partial charge in [0, 0.05) is 16.6 Å². The van der Waals surface area contributed by atoms with Gasteiger partial charge in [-0.15, -0.1) is 11.3 Å². The molecule has 0 spiro atoms. The molecule has 1 amide bonds. The van der Waals surface area contributed by atoms with Crippen LogP contribution in [-0.4, -0.2) is 12.0 Å². The third-order valence-corrected chi connectivity index (χ3v) is 3.27. The van der Waals surface area contributed by atoms with E-state index in [1.54, 1.807) is 17.4 Å². The van der Waals surface area contributed by atoms with Gasteiger partial charge in [0.05, 0.1) is 6.10 Å². The van der Waals surface area contributed by atoms with E-state index < -0.39 is 0 Å². The minimum Gasteiger partial charge on any atom is -0.491 e. The molecule has 0 aliphatic heterocycles. The van der Waals surface area contributed by atoms with Crippen LogP contribution >= 0.6 is 11.3 Å². The summed E-state index contributed by atoms with van der Waals surface area (Å²) < 4.78 is 5.55. The van der Waals surface area contributed by atoms with E-state index in [-0.39, 0.29) is 12.0 Å². The molecule has 0 aliphatic carbocycles. The summed E-state index contributed by atoms with van der Waals surface area (Å²) in [6.45, 7) is 3.95. The van der Waals surface area contributed by atoms with Crippen molar-refractivity contribution >= 4 is 29.0 Å². The Morgan fingerprint density at radius 3 is 2.60 bits per heavy atom. The van der Waals surface area contributed by atoms with Gasteiger partial charge in [-0.25, -0.2) is 0 Å². The zero-order valence-corrected chi connectivity index (χ0v) is 12.3. The number of amides is 1. The topological polar surface area (TPSA) is 38.3 Å². The Hall–Kier alpha value is -2.07. The molecule has 0 radical (unpaired) electrons. The summed E-state index contributed by atoms with van der Waals surface area (Å²) in [4.78, 5) is 12.8. The van der Waals surface area contributed by atoms with Crippen molar-refractivity contribution in [1.82, 2.24) is 0 Å². The molecule has 0 fully saturated rings. The summed E-state index contributed by atoms with van der Waals surface area (Å²) in [5.74, 6) is 0.656. The smallest absolute Gasteiger partial charge is 0.248 e. The molecule has 1 aromatic carbocycles. The van der Waals surface area contributed by atoms with Crippen LogP contribution in [0.15, 0.2) is 47.9 Å². The predicted octanol–water partition coefficient (Wildman–Crippen LogP) is 4.19. The van der Waals surface area contributed by atoms with Gasteiger partial charge in [0.1, 0.15) is 5.75 Å². The third kappa shape index (κ3) is 4.55. The average molecular weight is 287 g/mol. The number of nitrogens with one attached hydrogen (secondary N) is 1. The van der Waals surface area contributed by atoms with Gasteiger partial charge in [-0.3, -0.25) is 4.79 Å². The number of carbonyl (C=O) groups is 1. The molecule has 0 atom stereocenters. The summed E-state index contributed by atoms with van der Waals surface area (Å²) in [5.41, 5.74) is 0.752. The van der Waals surface area contributed by atoms with Crippen LogP contribution in [0.3, 0.4) is 0 Å². The SMILES string of the molecule is CC(C)Oc1ccc(NC(=O)/C=C/c2cccs2)cc1. The van der Waals surface area contributed by atoms with E-state index >= 15 is 0 Å². The molecule has 4 heteroatoms. The first-order chi connectivity index (χ1) is 9.63. The van der Waals surface area contributed by atoms with Crippen molar-refractivity contribution < 1.29 is 9.53 Å². The summed E-state index contributed by atoms with van der Waals surface area (Å²) in [6, 6.07) is 11.3. The number of ether oxygens (including phenoxy) is 1. The van der Waals surface area contributed by atoms with Crippen LogP contribution in [-0.2, 0) is 4.79 Å². The second-order valence-corrected chi connectivity index (χ2v) is 5.51. The zero-order valence-electron chi connectivity index (χ0n) is 11.5. The summed E-state index contributed by atoms with van der Waals surface area (Å²) >= 11 is 1.60. The lowest BCUT2D eigenvalue weighted by molar-refractivity contribution is -0.111. The second-order valence-electron chi connectivity index (χ2n) is 4.53. The van der Waals surface area contributed by atoms with E-state index in [1.165, 1.54) is 6.08 Å². The highest BCUT2D eigenvalue weighted by atomic mass is 32.1. The normalized spacial score (nSPS) is 10.9. The molecule has 0 saturated carbocycles. The molecule has 0 unspecified atom stereocenters. The highest BCUT2D eigenvalue weighted by Crippen LogP contribution is 2.17. The lowest BCUT2D eigenvalue weighted by atomic mass is 10.3. The number of hydrogen-bond donors (Lipinski definition) is 1. The first-order valence-electron chi connectivity index (χ1n) is 6.43. The Morgan fingerprint density at radius 1 is 1.25 bits per heavy atom. The molecule has 2 aromatic rings. The Kier molecular flexibility index (Phi) is 4.96. The first kappa shape index (κ1) is 14.3. The van der Waals surface area contributed by atoms with Crippen LogP contribution in [0, 0.1) is 0 Å². The van der Waals surface area contributed by atoms with E-state index in [9.17, 15) is 4.79 Å². The number of anilines is 1. The maximum atomic E-state index is 11.7. The van der Waals surface area contributed by atoms with Gasteiger partial charge in [0.2, 0.25) is 5.91 Å². The fraction of sp³-hybridized carbons (Fsp3) is 0.188. The maximum Gasteiger partial charge on any atom is 0.248 e. The van der Waals surface area contributed by atoms with Gasteiger partial charge in [0.25, 0.3) is 0 Å². The van der Waals surface area contributed by atoms with Crippen molar-refractivity contribution in [3.05, 3.63) is 52.7 Å². The zero-order chi connectivity index (χ0) is 14.4. The van der Waals surface area contributed by atoms with Crippen molar-refractivity contribution in [2.75, 3.05) is 5.32 Å². The van der Waals surface area contributed by atoms with Gasteiger partial charge in [-0.1, -0.05) is 6.07 Å². The van der Waals surface area contributed by atoms with Crippen molar-refractivity contribution in [2.45, 2.75) is 20.0 Å². The second kappa shape index (κ2) is 6.91. The highest BCUT2D eigenvalue weighted by molar-refractivity contribution is 7.10. The molecule has 2 rings (SSSR count). The van der Waals surface area contributed by atoms with Crippen LogP contribution < -0.4 is 10.1 Å². The Labute approximate surface area is 122 Å². The fourth-order valence-electron chi connectivity index (χ4n) is 1.62. The van der Waals surface area contributed by atoms with E-state index in [2.05, 4.69) is 5.32 Å². The number of carbonyl (C=O) groups excluding carboxylic acids is 1. The summed E-state index contributed by atoms with van der Waals surface area (Å²) in [7, 11) is 0. The van der Waals surface area contributed by atoms with Crippen molar-refractivity contribution in [1.29, 1.82) is 0 Å². The van der Waals surface area contributed by atoms with Crippen LogP contribution in [0.1, 0.15) is 18.7 Å². The van der Waals surface area contributed by atoms with Crippen LogP contribution in [0.5, 0.6) is 5.75 Å². The lowest BCUT2D eigenvalue weighted by Crippen LogP contribution is -2.08. The van der Waals surface area contributed by atoms with E-state index in [0.717, 1.165) is 16.3 Å².